The van der Waals surface area contributed by atoms with E-state index in [4.69, 9.17) is 22.1 Å². The normalized spacial score (nSPS) is 17.1. The van der Waals surface area contributed by atoms with Crippen LogP contribution in [0.1, 0.15) is 19.8 Å². The zero-order chi connectivity index (χ0) is 15.6. The highest BCUT2D eigenvalue weighted by Gasteiger charge is 2.38. The van der Waals surface area contributed by atoms with Crippen molar-refractivity contribution >= 4 is 27.3 Å². The zero-order valence-corrected chi connectivity index (χ0v) is 13.8. The van der Waals surface area contributed by atoms with Crippen LogP contribution >= 0.6 is 11.6 Å². The summed E-state index contributed by atoms with van der Waals surface area (Å²) in [7, 11) is -2.04. The van der Waals surface area contributed by atoms with Gasteiger partial charge in [0.05, 0.1) is 22.2 Å². The van der Waals surface area contributed by atoms with Crippen LogP contribution in [-0.2, 0) is 14.8 Å². The SMILES string of the molecule is COCCN(C(C)C1CC1)S(=O)(=O)c1ccc(N)c(Cl)c1. The molecular weight excluding hydrogens is 312 g/mol. The fourth-order valence-corrected chi connectivity index (χ4v) is 4.29. The lowest BCUT2D eigenvalue weighted by Gasteiger charge is -2.28. The van der Waals surface area contributed by atoms with Gasteiger partial charge in [0.1, 0.15) is 0 Å². The van der Waals surface area contributed by atoms with E-state index in [-0.39, 0.29) is 16.0 Å². The van der Waals surface area contributed by atoms with Gasteiger partial charge >= 0.3 is 0 Å². The number of ether oxygens (including phenoxy) is 1. The predicted octanol–water partition coefficient (Wildman–Crippen LogP) is 2.36. The van der Waals surface area contributed by atoms with Gasteiger partial charge in [0.15, 0.2) is 0 Å². The molecule has 1 aliphatic carbocycles. The second-order valence-electron chi connectivity index (χ2n) is 5.37. The molecular formula is C14H21ClN2O3S. The van der Waals surface area contributed by atoms with E-state index in [1.165, 1.54) is 22.5 Å². The quantitative estimate of drug-likeness (QED) is 0.778. The third-order valence-corrected chi connectivity index (χ3v) is 6.16. The van der Waals surface area contributed by atoms with Crippen LogP contribution in [0.5, 0.6) is 0 Å². The van der Waals surface area contributed by atoms with Crippen molar-refractivity contribution in [1.82, 2.24) is 4.31 Å². The Balaban J connectivity index is 2.33. The summed E-state index contributed by atoms with van der Waals surface area (Å²) in [6.07, 6.45) is 2.14. The van der Waals surface area contributed by atoms with E-state index in [0.717, 1.165) is 12.8 Å². The monoisotopic (exact) mass is 332 g/mol. The Morgan fingerprint density at radius 3 is 2.67 bits per heavy atom. The van der Waals surface area contributed by atoms with Crippen LogP contribution in [0.15, 0.2) is 23.1 Å². The highest BCUT2D eigenvalue weighted by molar-refractivity contribution is 7.89. The molecule has 1 atom stereocenters. The van der Waals surface area contributed by atoms with E-state index in [9.17, 15) is 8.42 Å². The molecule has 2 N–H and O–H groups in total. The Kier molecular flexibility index (Phi) is 5.14. The topological polar surface area (TPSA) is 72.6 Å². The lowest BCUT2D eigenvalue weighted by Crippen LogP contribution is -2.41. The van der Waals surface area contributed by atoms with Crippen molar-refractivity contribution in [2.45, 2.75) is 30.7 Å². The van der Waals surface area contributed by atoms with Gasteiger partial charge in [0.25, 0.3) is 0 Å². The van der Waals surface area contributed by atoms with Gasteiger partial charge in [-0.1, -0.05) is 11.6 Å². The summed E-state index contributed by atoms with van der Waals surface area (Å²) >= 11 is 5.95. The number of hydrogen-bond acceptors (Lipinski definition) is 4. The molecule has 1 unspecified atom stereocenters. The van der Waals surface area contributed by atoms with Crippen LogP contribution in [0, 0.1) is 5.92 Å². The number of halogens is 1. The molecule has 0 radical (unpaired) electrons. The lowest BCUT2D eigenvalue weighted by atomic mass is 10.2. The van der Waals surface area contributed by atoms with Crippen molar-refractivity contribution in [2.24, 2.45) is 5.92 Å². The minimum atomic E-state index is -3.60. The summed E-state index contributed by atoms with van der Waals surface area (Å²) in [6.45, 7) is 2.64. The van der Waals surface area contributed by atoms with Crippen LogP contribution < -0.4 is 5.73 Å². The Morgan fingerprint density at radius 2 is 2.14 bits per heavy atom. The van der Waals surface area contributed by atoms with E-state index in [1.807, 2.05) is 6.92 Å². The van der Waals surface area contributed by atoms with Crippen molar-refractivity contribution in [3.05, 3.63) is 23.2 Å². The van der Waals surface area contributed by atoms with Gasteiger partial charge in [0, 0.05) is 19.7 Å². The van der Waals surface area contributed by atoms with Crippen LogP contribution in [0.25, 0.3) is 0 Å². The third kappa shape index (κ3) is 3.69. The Hall–Kier alpha value is -0.820. The molecule has 0 heterocycles. The first-order valence-electron chi connectivity index (χ1n) is 6.93. The van der Waals surface area contributed by atoms with Crippen LogP contribution in [0.3, 0.4) is 0 Å². The van der Waals surface area contributed by atoms with Crippen molar-refractivity contribution in [2.75, 3.05) is 26.0 Å². The van der Waals surface area contributed by atoms with Gasteiger partial charge in [-0.05, 0) is 43.9 Å². The number of nitrogen functional groups attached to an aromatic ring is 1. The Morgan fingerprint density at radius 1 is 1.48 bits per heavy atom. The van der Waals surface area contributed by atoms with E-state index in [0.29, 0.717) is 24.8 Å². The highest BCUT2D eigenvalue weighted by atomic mass is 35.5. The molecule has 118 valence electrons. The number of benzene rings is 1. The van der Waals surface area contributed by atoms with Crippen LogP contribution in [0.4, 0.5) is 5.69 Å². The minimum absolute atomic E-state index is 0.0403. The van der Waals surface area contributed by atoms with Crippen LogP contribution in [0.2, 0.25) is 5.02 Å². The molecule has 1 fully saturated rings. The van der Waals surface area contributed by atoms with Crippen molar-refractivity contribution in [3.8, 4) is 0 Å². The molecule has 0 aliphatic heterocycles. The summed E-state index contributed by atoms with van der Waals surface area (Å²) in [5.74, 6) is 0.431. The predicted molar refractivity (Wildman–Crippen MR) is 83.8 cm³/mol. The molecule has 0 spiro atoms. The van der Waals surface area contributed by atoms with E-state index in [1.54, 1.807) is 7.11 Å². The van der Waals surface area contributed by atoms with E-state index in [2.05, 4.69) is 0 Å². The summed E-state index contributed by atoms with van der Waals surface area (Å²) < 4.78 is 32.2. The fraction of sp³-hybridized carbons (Fsp3) is 0.571. The first kappa shape index (κ1) is 16.5. The number of nitrogens with two attached hydrogens (primary N) is 1. The second kappa shape index (κ2) is 6.52. The maximum atomic E-state index is 12.8. The molecule has 2 rings (SSSR count). The standard InChI is InChI=1S/C14H21ClN2O3S/c1-10(11-3-4-11)17(7-8-20-2)21(18,19)12-5-6-14(16)13(15)9-12/h5-6,9-11H,3-4,7-8,16H2,1-2H3. The number of nitrogens with zero attached hydrogens (tertiary/aromatic N) is 1. The third-order valence-electron chi connectivity index (χ3n) is 3.85. The molecule has 1 aromatic rings. The maximum Gasteiger partial charge on any atom is 0.243 e. The molecule has 0 amide bonds. The summed E-state index contributed by atoms with van der Waals surface area (Å²) in [4.78, 5) is 0.172. The van der Waals surface area contributed by atoms with Gasteiger partial charge in [-0.2, -0.15) is 4.31 Å². The maximum absolute atomic E-state index is 12.8. The van der Waals surface area contributed by atoms with Crippen molar-refractivity contribution in [1.29, 1.82) is 0 Å². The zero-order valence-electron chi connectivity index (χ0n) is 12.3. The minimum Gasteiger partial charge on any atom is -0.398 e. The average molecular weight is 333 g/mol. The highest BCUT2D eigenvalue weighted by Crippen LogP contribution is 2.37. The first-order chi connectivity index (χ1) is 9.87. The average Bonchev–Trinajstić information content (AvgIpc) is 3.26. The molecule has 0 aromatic heterocycles. The molecule has 7 heteroatoms. The van der Waals surface area contributed by atoms with Crippen molar-refractivity contribution in [3.63, 3.8) is 0 Å². The van der Waals surface area contributed by atoms with Gasteiger partial charge in [-0.25, -0.2) is 8.42 Å². The van der Waals surface area contributed by atoms with Gasteiger partial charge in [-0.15, -0.1) is 0 Å². The molecule has 21 heavy (non-hydrogen) atoms. The summed E-state index contributed by atoms with van der Waals surface area (Å²) in [5, 5.41) is 0.252. The number of rotatable bonds is 7. The molecule has 1 saturated carbocycles. The molecule has 1 aliphatic rings. The number of anilines is 1. The Bertz CT molecular complexity index is 602. The Labute approximate surface area is 131 Å². The molecule has 0 saturated heterocycles. The number of methoxy groups -OCH3 is 1. The van der Waals surface area contributed by atoms with Gasteiger partial charge < -0.3 is 10.5 Å². The van der Waals surface area contributed by atoms with Crippen LogP contribution in [-0.4, -0.2) is 39.0 Å². The smallest absolute Gasteiger partial charge is 0.243 e. The van der Waals surface area contributed by atoms with Gasteiger partial charge in [0.2, 0.25) is 10.0 Å². The largest absolute Gasteiger partial charge is 0.398 e. The van der Waals surface area contributed by atoms with E-state index >= 15 is 0 Å². The number of sulfonamides is 1. The second-order valence-corrected chi connectivity index (χ2v) is 7.67. The summed E-state index contributed by atoms with van der Waals surface area (Å²) in [6, 6.07) is 4.38. The first-order valence-corrected chi connectivity index (χ1v) is 8.75. The molecule has 1 aromatic carbocycles. The fourth-order valence-electron chi connectivity index (χ4n) is 2.34. The van der Waals surface area contributed by atoms with Gasteiger partial charge in [-0.3, -0.25) is 0 Å². The van der Waals surface area contributed by atoms with E-state index < -0.39 is 10.0 Å². The lowest BCUT2D eigenvalue weighted by molar-refractivity contribution is 0.164. The number of hydrogen-bond donors (Lipinski definition) is 1. The summed E-state index contributed by atoms with van der Waals surface area (Å²) in [5.41, 5.74) is 6.02. The molecule has 5 nitrogen and oxygen atoms in total. The molecule has 0 bridgehead atoms. The van der Waals surface area contributed by atoms with Crippen molar-refractivity contribution < 1.29 is 13.2 Å².